The summed E-state index contributed by atoms with van der Waals surface area (Å²) in [5.41, 5.74) is 3.19. The number of benzene rings is 2. The Morgan fingerprint density at radius 1 is 1.10 bits per heavy atom. The fourth-order valence-corrected chi connectivity index (χ4v) is 5.33. The van der Waals surface area contributed by atoms with Gasteiger partial charge in [-0.3, -0.25) is 4.79 Å². The van der Waals surface area contributed by atoms with Gasteiger partial charge in [-0.05, 0) is 43.2 Å². The minimum Gasteiger partial charge on any atom is -0.379 e. The van der Waals surface area contributed by atoms with Gasteiger partial charge in [-0.15, -0.1) is 11.8 Å². The lowest BCUT2D eigenvalue weighted by Gasteiger charge is -2.26. The first kappa shape index (κ1) is 21.8. The molecule has 156 valence electrons. The molecule has 0 aromatic heterocycles. The van der Waals surface area contributed by atoms with Crippen molar-refractivity contribution in [1.82, 2.24) is 9.62 Å². The third kappa shape index (κ3) is 5.82. The van der Waals surface area contributed by atoms with Crippen LogP contribution in [0.3, 0.4) is 0 Å². The number of thioether (sulfide) groups is 1. The van der Waals surface area contributed by atoms with Gasteiger partial charge in [0.15, 0.2) is 0 Å². The van der Waals surface area contributed by atoms with E-state index >= 15 is 0 Å². The molecule has 29 heavy (non-hydrogen) atoms. The number of hydrogen-bond acceptors (Lipinski definition) is 5. The van der Waals surface area contributed by atoms with Gasteiger partial charge in [0.2, 0.25) is 15.9 Å². The summed E-state index contributed by atoms with van der Waals surface area (Å²) in [4.78, 5) is 13.5. The molecule has 0 bridgehead atoms. The van der Waals surface area contributed by atoms with Gasteiger partial charge in [0.25, 0.3) is 0 Å². The zero-order valence-corrected chi connectivity index (χ0v) is 18.3. The summed E-state index contributed by atoms with van der Waals surface area (Å²) in [6.45, 7) is 6.02. The van der Waals surface area contributed by atoms with Gasteiger partial charge in [0.1, 0.15) is 0 Å². The Morgan fingerprint density at radius 2 is 1.79 bits per heavy atom. The highest BCUT2D eigenvalue weighted by molar-refractivity contribution is 8.00. The van der Waals surface area contributed by atoms with Crippen LogP contribution < -0.4 is 5.32 Å². The minimum atomic E-state index is -3.49. The minimum absolute atomic E-state index is 0.0547. The smallest absolute Gasteiger partial charge is 0.243 e. The van der Waals surface area contributed by atoms with Crippen LogP contribution in [0.25, 0.3) is 0 Å². The van der Waals surface area contributed by atoms with Crippen molar-refractivity contribution < 1.29 is 17.9 Å². The van der Waals surface area contributed by atoms with Crippen LogP contribution >= 0.6 is 11.8 Å². The number of aryl methyl sites for hydroxylation is 2. The number of sulfonamides is 1. The van der Waals surface area contributed by atoms with Crippen molar-refractivity contribution in [2.45, 2.75) is 30.2 Å². The van der Waals surface area contributed by atoms with E-state index in [1.807, 2.05) is 13.8 Å². The first-order valence-corrected chi connectivity index (χ1v) is 11.9. The SMILES string of the molecule is Cc1ccc(C)c(SCC(=O)NCc2ccc(S(=O)(=O)N3CCOCC3)cc2)c1. The van der Waals surface area contributed by atoms with Crippen molar-refractivity contribution in [2.75, 3.05) is 32.1 Å². The zero-order chi connectivity index (χ0) is 20.9. The van der Waals surface area contributed by atoms with Crippen molar-refractivity contribution in [3.05, 3.63) is 59.2 Å². The average Bonchev–Trinajstić information content (AvgIpc) is 2.74. The van der Waals surface area contributed by atoms with Crippen LogP contribution in [-0.2, 0) is 26.1 Å². The van der Waals surface area contributed by atoms with Crippen molar-refractivity contribution >= 4 is 27.7 Å². The molecule has 3 rings (SSSR count). The first-order valence-electron chi connectivity index (χ1n) is 9.50. The summed E-state index contributed by atoms with van der Waals surface area (Å²) in [5, 5.41) is 2.89. The number of nitrogens with zero attached hydrogens (tertiary/aromatic N) is 1. The quantitative estimate of drug-likeness (QED) is 0.678. The molecule has 1 fully saturated rings. The monoisotopic (exact) mass is 434 g/mol. The first-order chi connectivity index (χ1) is 13.9. The summed E-state index contributed by atoms with van der Waals surface area (Å²) in [6, 6.07) is 12.9. The Balaban J connectivity index is 1.52. The molecule has 0 unspecified atom stereocenters. The Hall–Kier alpha value is -1.87. The molecule has 1 saturated heterocycles. The predicted octanol–water partition coefficient (Wildman–Crippen LogP) is 2.73. The second-order valence-electron chi connectivity index (χ2n) is 6.99. The summed E-state index contributed by atoms with van der Waals surface area (Å²) in [7, 11) is -3.49. The fourth-order valence-electron chi connectivity index (χ4n) is 2.97. The van der Waals surface area contributed by atoms with Crippen LogP contribution in [0, 0.1) is 13.8 Å². The van der Waals surface area contributed by atoms with E-state index in [-0.39, 0.29) is 10.8 Å². The predicted molar refractivity (Wildman–Crippen MR) is 115 cm³/mol. The van der Waals surface area contributed by atoms with Crippen LogP contribution in [0.1, 0.15) is 16.7 Å². The molecule has 2 aromatic rings. The molecule has 0 saturated carbocycles. The van der Waals surface area contributed by atoms with Gasteiger partial charge in [0.05, 0.1) is 23.9 Å². The Bertz CT molecular complexity index is 953. The van der Waals surface area contributed by atoms with E-state index in [4.69, 9.17) is 4.74 Å². The zero-order valence-electron chi connectivity index (χ0n) is 16.7. The molecule has 0 radical (unpaired) electrons. The number of ether oxygens (including phenoxy) is 1. The van der Waals surface area contributed by atoms with Gasteiger partial charge < -0.3 is 10.1 Å². The molecule has 1 aliphatic rings. The maximum atomic E-state index is 12.6. The van der Waals surface area contributed by atoms with Crippen molar-refractivity contribution in [2.24, 2.45) is 0 Å². The Kier molecular flexibility index (Phi) is 7.34. The fraction of sp³-hybridized carbons (Fsp3) is 0.381. The lowest BCUT2D eigenvalue weighted by molar-refractivity contribution is -0.118. The number of nitrogens with one attached hydrogen (secondary N) is 1. The Labute approximate surface area is 176 Å². The van der Waals surface area contributed by atoms with E-state index in [0.717, 1.165) is 16.0 Å². The van der Waals surface area contributed by atoms with Crippen LogP contribution in [0.2, 0.25) is 0 Å². The Morgan fingerprint density at radius 3 is 2.48 bits per heavy atom. The third-order valence-electron chi connectivity index (χ3n) is 4.72. The summed E-state index contributed by atoms with van der Waals surface area (Å²) < 4.78 is 31.9. The number of amides is 1. The number of morpholine rings is 1. The average molecular weight is 435 g/mol. The maximum absolute atomic E-state index is 12.6. The molecule has 6 nitrogen and oxygen atoms in total. The molecule has 2 aromatic carbocycles. The second kappa shape index (κ2) is 9.75. The lowest BCUT2D eigenvalue weighted by atomic mass is 10.2. The number of carbonyl (C=O) groups excluding carboxylic acids is 1. The second-order valence-corrected chi connectivity index (χ2v) is 9.95. The summed E-state index contributed by atoms with van der Waals surface area (Å²) in [6.07, 6.45) is 0. The van der Waals surface area contributed by atoms with E-state index in [0.29, 0.717) is 38.6 Å². The number of carbonyl (C=O) groups is 1. The van der Waals surface area contributed by atoms with Gasteiger partial charge in [-0.1, -0.05) is 29.8 Å². The van der Waals surface area contributed by atoms with E-state index in [1.165, 1.54) is 21.6 Å². The topological polar surface area (TPSA) is 75.7 Å². The van der Waals surface area contributed by atoms with Crippen LogP contribution in [0.15, 0.2) is 52.3 Å². The summed E-state index contributed by atoms with van der Waals surface area (Å²) >= 11 is 1.52. The van der Waals surface area contributed by atoms with Crippen molar-refractivity contribution in [1.29, 1.82) is 0 Å². The molecular weight excluding hydrogens is 408 g/mol. The standard InChI is InChI=1S/C21H26N2O4S2/c1-16-3-4-17(2)20(13-16)28-15-21(24)22-14-18-5-7-19(8-6-18)29(25,26)23-9-11-27-12-10-23/h3-8,13H,9-12,14-15H2,1-2H3,(H,22,24). The molecule has 1 N–H and O–H groups in total. The lowest BCUT2D eigenvalue weighted by Crippen LogP contribution is -2.40. The van der Waals surface area contributed by atoms with Gasteiger partial charge >= 0.3 is 0 Å². The van der Waals surface area contributed by atoms with E-state index in [2.05, 4.69) is 23.5 Å². The molecular formula is C21H26N2O4S2. The van der Waals surface area contributed by atoms with E-state index < -0.39 is 10.0 Å². The largest absolute Gasteiger partial charge is 0.379 e. The number of rotatable bonds is 7. The molecule has 0 atom stereocenters. The highest BCUT2D eigenvalue weighted by atomic mass is 32.2. The summed E-state index contributed by atoms with van der Waals surface area (Å²) in [5.74, 6) is 0.286. The van der Waals surface area contributed by atoms with Crippen LogP contribution in [0.5, 0.6) is 0 Å². The van der Waals surface area contributed by atoms with Crippen molar-refractivity contribution in [3.63, 3.8) is 0 Å². The highest BCUT2D eigenvalue weighted by Crippen LogP contribution is 2.23. The van der Waals surface area contributed by atoms with E-state index in [1.54, 1.807) is 24.3 Å². The normalized spacial score (nSPS) is 15.2. The molecule has 1 aliphatic heterocycles. The molecule has 0 spiro atoms. The molecule has 1 heterocycles. The third-order valence-corrected chi connectivity index (χ3v) is 7.79. The van der Waals surface area contributed by atoms with Gasteiger partial charge in [-0.2, -0.15) is 4.31 Å². The molecule has 1 amide bonds. The molecule has 8 heteroatoms. The van der Waals surface area contributed by atoms with Gasteiger partial charge in [-0.25, -0.2) is 8.42 Å². The van der Waals surface area contributed by atoms with Crippen LogP contribution in [-0.4, -0.2) is 50.7 Å². The van der Waals surface area contributed by atoms with Crippen LogP contribution in [0.4, 0.5) is 0 Å². The maximum Gasteiger partial charge on any atom is 0.243 e. The van der Waals surface area contributed by atoms with E-state index in [9.17, 15) is 13.2 Å². The highest BCUT2D eigenvalue weighted by Gasteiger charge is 2.26. The van der Waals surface area contributed by atoms with Crippen molar-refractivity contribution in [3.8, 4) is 0 Å². The molecule has 0 aliphatic carbocycles. The van der Waals surface area contributed by atoms with Gasteiger partial charge in [0, 0.05) is 24.5 Å². The number of hydrogen-bond donors (Lipinski definition) is 1.